The smallest absolute Gasteiger partial charge is 0.0704 e. The van der Waals surface area contributed by atoms with E-state index in [9.17, 15) is 0 Å². The molecule has 15 rings (SSSR count). The molecule has 2 aromatic heterocycles. The number of para-hydroxylation sites is 6. The Balaban J connectivity index is 0.801. The summed E-state index contributed by atoms with van der Waals surface area (Å²) in [5.41, 5.74) is 24.1. The summed E-state index contributed by atoms with van der Waals surface area (Å²) in [6, 6.07) is 117. The first-order chi connectivity index (χ1) is 43.2. The maximum absolute atomic E-state index is 4.04. The molecule has 0 aliphatic heterocycles. The molecule has 0 aliphatic rings. The van der Waals surface area contributed by atoms with Gasteiger partial charge in [-0.1, -0.05) is 267 Å². The second-order valence-electron chi connectivity index (χ2n) is 21.8. The molecular weight excluding hydrogens is 1050 g/mol. The van der Waals surface area contributed by atoms with Gasteiger partial charge in [0.15, 0.2) is 0 Å². The molecular formula is C82H59N5. The van der Waals surface area contributed by atoms with Crippen LogP contribution in [0, 0.1) is 0 Å². The summed E-state index contributed by atoms with van der Waals surface area (Å²) in [5, 5.41) is 9.04. The Kier molecular flexibility index (Phi) is 13.9. The van der Waals surface area contributed by atoms with Crippen molar-refractivity contribution in [3.05, 3.63) is 350 Å². The maximum atomic E-state index is 4.04. The van der Waals surface area contributed by atoms with Crippen LogP contribution in [0.1, 0.15) is 22.3 Å². The molecule has 2 heterocycles. The van der Waals surface area contributed by atoms with Crippen LogP contribution in [-0.4, -0.2) is 9.13 Å². The summed E-state index contributed by atoms with van der Waals surface area (Å²) >= 11 is 0. The van der Waals surface area contributed by atoms with Crippen molar-refractivity contribution >= 4 is 102 Å². The molecule has 5 heteroatoms. The van der Waals surface area contributed by atoms with E-state index in [1.54, 1.807) is 0 Å². The molecule has 0 fully saturated rings. The van der Waals surface area contributed by atoms with Crippen LogP contribution < -0.4 is 15.3 Å². The highest BCUT2D eigenvalue weighted by Crippen LogP contribution is 2.48. The van der Waals surface area contributed by atoms with E-state index in [-0.39, 0.29) is 0 Å². The third-order valence-electron chi connectivity index (χ3n) is 16.5. The van der Waals surface area contributed by atoms with Crippen LogP contribution in [0.5, 0.6) is 0 Å². The molecule has 87 heavy (non-hydrogen) atoms. The fourth-order valence-electron chi connectivity index (χ4n) is 12.6. The molecule has 0 amide bonds. The van der Waals surface area contributed by atoms with Crippen molar-refractivity contribution in [2.45, 2.75) is 0 Å². The van der Waals surface area contributed by atoms with Crippen molar-refractivity contribution in [3.8, 4) is 33.9 Å². The van der Waals surface area contributed by atoms with Crippen LogP contribution in [0.25, 0.3) is 102 Å². The Morgan fingerprint density at radius 2 is 0.586 bits per heavy atom. The summed E-state index contributed by atoms with van der Waals surface area (Å²) in [7, 11) is 0. The van der Waals surface area contributed by atoms with Gasteiger partial charge < -0.3 is 14.0 Å². The van der Waals surface area contributed by atoms with E-state index in [4.69, 9.17) is 0 Å². The van der Waals surface area contributed by atoms with Crippen molar-refractivity contribution < 1.29 is 0 Å². The third-order valence-corrected chi connectivity index (χ3v) is 16.5. The minimum atomic E-state index is 1.000. The summed E-state index contributed by atoms with van der Waals surface area (Å²) in [4.78, 5) is 2.42. The lowest BCUT2D eigenvalue weighted by Crippen LogP contribution is -2.25. The number of rotatable bonds is 15. The summed E-state index contributed by atoms with van der Waals surface area (Å²) in [6.07, 6.45) is 9.07. The topological polar surface area (TPSA) is 28.4 Å². The second kappa shape index (κ2) is 23.2. The van der Waals surface area contributed by atoms with E-state index >= 15 is 0 Å². The maximum Gasteiger partial charge on any atom is 0.0704 e. The second-order valence-corrected chi connectivity index (χ2v) is 21.8. The van der Waals surface area contributed by atoms with Crippen LogP contribution >= 0.6 is 0 Å². The number of hydrogen-bond acceptors (Lipinski definition) is 3. The highest BCUT2D eigenvalue weighted by Gasteiger charge is 2.24. The summed E-state index contributed by atoms with van der Waals surface area (Å²) in [5.74, 6) is 0. The van der Waals surface area contributed by atoms with Gasteiger partial charge in [0.05, 0.1) is 45.2 Å². The molecule has 0 aliphatic carbocycles. The van der Waals surface area contributed by atoms with E-state index in [1.165, 1.54) is 32.9 Å². The van der Waals surface area contributed by atoms with E-state index in [0.29, 0.717) is 0 Å². The average Bonchev–Trinajstić information content (AvgIpc) is 2.10. The van der Waals surface area contributed by atoms with E-state index < -0.39 is 0 Å². The van der Waals surface area contributed by atoms with Gasteiger partial charge in [-0.3, -0.25) is 10.4 Å². The first-order valence-corrected chi connectivity index (χ1v) is 29.7. The van der Waals surface area contributed by atoms with Gasteiger partial charge in [-0.2, -0.15) is 0 Å². The van der Waals surface area contributed by atoms with Crippen LogP contribution in [0.2, 0.25) is 0 Å². The van der Waals surface area contributed by atoms with E-state index in [2.05, 4.69) is 376 Å². The SMILES string of the molecule is C(=Cc1c(-c2ccccc2)n(-c2ccccc2)c2ccccc12)c1ccc(N(Nc2c3ccccc3c(N(c3ccccc3)c3ccc(C=Cc4c(-c5ccccc5)n(-c5ccccc5)c5ccccc45)cc3)c3ccccc23)c2ccccc2)cc1. The van der Waals surface area contributed by atoms with Crippen LogP contribution in [-0.2, 0) is 0 Å². The van der Waals surface area contributed by atoms with Gasteiger partial charge in [-0.25, -0.2) is 0 Å². The Hall–Kier alpha value is -11.7. The summed E-state index contributed by atoms with van der Waals surface area (Å²) in [6.45, 7) is 0. The van der Waals surface area contributed by atoms with Crippen molar-refractivity contribution in [1.82, 2.24) is 9.13 Å². The first kappa shape index (κ1) is 52.2. The standard InChI is InChI=1S/C82H59N5/c1-7-27-61(28-8-1)80-75(69-39-23-25-45-77(69)85(80)64-33-13-4-14-34-64)57-51-59-47-53-66(54-48-59)84(63-31-11-3-12-32-63)82-73-43-21-19-41-71(73)79(72-42-20-22-44-74(72)82)83-87(67-37-17-6-18-38-67)68-55-49-60(50-56-68)52-58-76-70-40-24-26-46-78(70)86(65-35-15-5-16-36-65)81(76)62-29-9-2-10-30-62/h1-58,83H. The zero-order valence-corrected chi connectivity index (χ0v) is 47.8. The molecule has 13 aromatic carbocycles. The zero-order valence-electron chi connectivity index (χ0n) is 47.8. The quantitative estimate of drug-likeness (QED) is 0.0630. The molecule has 0 saturated carbocycles. The number of nitrogens with zero attached hydrogens (tertiary/aromatic N) is 4. The highest BCUT2D eigenvalue weighted by molar-refractivity contribution is 6.22. The predicted molar refractivity (Wildman–Crippen MR) is 370 cm³/mol. The summed E-state index contributed by atoms with van der Waals surface area (Å²) < 4.78 is 4.79. The van der Waals surface area contributed by atoms with Gasteiger partial charge in [-0.05, 0) is 107 Å². The van der Waals surface area contributed by atoms with Crippen molar-refractivity contribution in [1.29, 1.82) is 0 Å². The number of anilines is 6. The minimum Gasteiger partial charge on any atom is -0.309 e. The van der Waals surface area contributed by atoms with Gasteiger partial charge in [0.1, 0.15) is 0 Å². The Labute approximate surface area is 507 Å². The number of aromatic nitrogens is 2. The van der Waals surface area contributed by atoms with Gasteiger partial charge in [0.2, 0.25) is 0 Å². The number of fused-ring (bicyclic) bond motifs is 4. The number of hydrazine groups is 1. The Bertz CT molecular complexity index is 4900. The molecule has 1 N–H and O–H groups in total. The third kappa shape index (κ3) is 9.89. The molecule has 15 aromatic rings. The lowest BCUT2D eigenvalue weighted by molar-refractivity contribution is 1.13. The Morgan fingerprint density at radius 3 is 1.02 bits per heavy atom. The average molecular weight is 1110 g/mol. The van der Waals surface area contributed by atoms with E-state index in [0.717, 1.165) is 101 Å². The van der Waals surface area contributed by atoms with E-state index in [1.807, 2.05) is 0 Å². The molecule has 0 bridgehead atoms. The van der Waals surface area contributed by atoms with Crippen LogP contribution in [0.4, 0.5) is 34.1 Å². The van der Waals surface area contributed by atoms with Crippen molar-refractivity contribution in [2.75, 3.05) is 15.3 Å². The lowest BCUT2D eigenvalue weighted by atomic mass is 9.96. The first-order valence-electron chi connectivity index (χ1n) is 29.7. The fraction of sp³-hybridized carbons (Fsp3) is 0. The molecule has 0 atom stereocenters. The Morgan fingerprint density at radius 1 is 0.264 bits per heavy atom. The molecule has 5 nitrogen and oxygen atoms in total. The molecule has 0 spiro atoms. The normalized spacial score (nSPS) is 11.6. The lowest BCUT2D eigenvalue weighted by Gasteiger charge is -2.32. The molecule has 0 radical (unpaired) electrons. The number of benzene rings is 13. The molecule has 0 saturated heterocycles. The van der Waals surface area contributed by atoms with Gasteiger partial charge in [0, 0.05) is 66.2 Å². The predicted octanol–water partition coefficient (Wildman–Crippen LogP) is 22.2. The number of nitrogens with one attached hydrogen (secondary N) is 1. The van der Waals surface area contributed by atoms with Gasteiger partial charge in [-0.15, -0.1) is 0 Å². The van der Waals surface area contributed by atoms with Crippen molar-refractivity contribution in [2.24, 2.45) is 0 Å². The van der Waals surface area contributed by atoms with Gasteiger partial charge in [0.25, 0.3) is 0 Å². The number of hydrogen-bond donors (Lipinski definition) is 1. The molecule has 0 unspecified atom stereocenters. The zero-order chi connectivity index (χ0) is 57.9. The largest absolute Gasteiger partial charge is 0.309 e. The molecule has 412 valence electrons. The highest BCUT2D eigenvalue weighted by atomic mass is 15.5. The van der Waals surface area contributed by atoms with Crippen LogP contribution in [0.3, 0.4) is 0 Å². The van der Waals surface area contributed by atoms with Crippen LogP contribution in [0.15, 0.2) is 328 Å². The minimum absolute atomic E-state index is 1.000. The monoisotopic (exact) mass is 1110 g/mol. The van der Waals surface area contributed by atoms with Gasteiger partial charge >= 0.3 is 0 Å². The van der Waals surface area contributed by atoms with Crippen molar-refractivity contribution in [3.63, 3.8) is 0 Å². The fourth-order valence-corrected chi connectivity index (χ4v) is 12.6.